The van der Waals surface area contributed by atoms with E-state index in [4.69, 9.17) is 10.8 Å². The normalized spacial score (nSPS) is 10.9. The number of carbonyl (C=O) groups excluding carboxylic acids is 1. The van der Waals surface area contributed by atoms with Crippen molar-refractivity contribution in [3.8, 4) is 12.0 Å². The zero-order valence-corrected chi connectivity index (χ0v) is 9.16. The van der Waals surface area contributed by atoms with Crippen LogP contribution in [-0.2, 0) is 9.53 Å². The molecule has 0 aliphatic carbocycles. The van der Waals surface area contributed by atoms with Gasteiger partial charge in [0.2, 0.25) is 0 Å². The van der Waals surface area contributed by atoms with Gasteiger partial charge < -0.3 is 20.9 Å². The van der Waals surface area contributed by atoms with Gasteiger partial charge in [0.1, 0.15) is 12.1 Å². The molecule has 0 saturated carbocycles. The number of aliphatic carboxylic acids is 1. The van der Waals surface area contributed by atoms with E-state index in [2.05, 4.69) is 22.1 Å². The highest BCUT2D eigenvalue weighted by molar-refractivity contribution is 5.80. The van der Waals surface area contributed by atoms with Crippen LogP contribution >= 0.6 is 0 Å². The molecule has 6 nitrogen and oxygen atoms in total. The maximum atomic E-state index is 11.0. The maximum absolute atomic E-state index is 11.0. The van der Waals surface area contributed by atoms with Gasteiger partial charge in [0, 0.05) is 6.92 Å². The monoisotopic (exact) mass is 228 g/mol. The lowest BCUT2D eigenvalue weighted by atomic mass is 10.1. The van der Waals surface area contributed by atoms with Crippen LogP contribution in [0.4, 0.5) is 4.79 Å². The van der Waals surface area contributed by atoms with Gasteiger partial charge in [-0.25, -0.2) is 9.59 Å². The first-order valence-corrected chi connectivity index (χ1v) is 4.93. The molecule has 0 aliphatic rings. The van der Waals surface area contributed by atoms with E-state index in [1.807, 2.05) is 0 Å². The number of nitrogens with two attached hydrogens (primary N) is 1. The molecule has 0 fully saturated rings. The summed E-state index contributed by atoms with van der Waals surface area (Å²) in [7, 11) is 0. The standard InChI is InChI=1S/C10H16N2O4/c1-2-7-16-10(15)12-8(9(13)14)5-3-4-6-11/h8H,3-6,11H2,1H3,(H,12,15)(H,13,14)/t8-/m0/s1. The molecule has 0 aromatic rings. The lowest BCUT2D eigenvalue weighted by Crippen LogP contribution is -2.40. The number of alkyl carbamates (subject to hydrolysis) is 1. The Bertz CT molecular complexity index is 293. The van der Waals surface area contributed by atoms with Crippen LogP contribution in [-0.4, -0.2) is 29.8 Å². The van der Waals surface area contributed by atoms with Crippen LogP contribution in [0.25, 0.3) is 0 Å². The van der Waals surface area contributed by atoms with Crippen LogP contribution in [0.1, 0.15) is 26.2 Å². The molecule has 0 bridgehead atoms. The van der Waals surface area contributed by atoms with Crippen LogP contribution in [0.3, 0.4) is 0 Å². The third-order valence-electron chi connectivity index (χ3n) is 1.78. The number of rotatable bonds is 6. The second-order valence-electron chi connectivity index (χ2n) is 3.06. The van der Waals surface area contributed by atoms with Crippen molar-refractivity contribution in [1.82, 2.24) is 5.32 Å². The average molecular weight is 228 g/mol. The zero-order chi connectivity index (χ0) is 12.4. The van der Waals surface area contributed by atoms with E-state index in [1.54, 1.807) is 0 Å². The van der Waals surface area contributed by atoms with Gasteiger partial charge in [-0.3, -0.25) is 0 Å². The molecular formula is C10H16N2O4. The molecule has 0 heterocycles. The van der Waals surface area contributed by atoms with Crippen LogP contribution in [0.5, 0.6) is 0 Å². The van der Waals surface area contributed by atoms with E-state index in [1.165, 1.54) is 6.92 Å². The highest BCUT2D eigenvalue weighted by Crippen LogP contribution is 2.01. The summed E-state index contributed by atoms with van der Waals surface area (Å²) in [4.78, 5) is 21.8. The van der Waals surface area contributed by atoms with Crippen molar-refractivity contribution in [3.05, 3.63) is 0 Å². The van der Waals surface area contributed by atoms with Crippen molar-refractivity contribution in [1.29, 1.82) is 0 Å². The summed E-state index contributed by atoms with van der Waals surface area (Å²) in [6, 6.07) is -0.960. The second-order valence-corrected chi connectivity index (χ2v) is 3.06. The number of carbonyl (C=O) groups is 2. The van der Waals surface area contributed by atoms with E-state index >= 15 is 0 Å². The van der Waals surface area contributed by atoms with Crippen molar-refractivity contribution in [2.45, 2.75) is 32.2 Å². The van der Waals surface area contributed by atoms with Crippen molar-refractivity contribution >= 4 is 12.1 Å². The quantitative estimate of drug-likeness (QED) is 0.447. The smallest absolute Gasteiger partial charge is 0.421 e. The van der Waals surface area contributed by atoms with Gasteiger partial charge in [-0.05, 0) is 25.8 Å². The van der Waals surface area contributed by atoms with Crippen LogP contribution in [0, 0.1) is 12.0 Å². The molecule has 0 aromatic heterocycles. The molecule has 90 valence electrons. The lowest BCUT2D eigenvalue weighted by Gasteiger charge is -2.12. The molecule has 0 aromatic carbocycles. The van der Waals surface area contributed by atoms with E-state index in [9.17, 15) is 9.59 Å². The highest BCUT2D eigenvalue weighted by atomic mass is 16.5. The molecule has 0 aliphatic heterocycles. The van der Waals surface area contributed by atoms with Crippen LogP contribution in [0.2, 0.25) is 0 Å². The highest BCUT2D eigenvalue weighted by Gasteiger charge is 2.19. The van der Waals surface area contributed by atoms with Crippen molar-refractivity contribution in [2.75, 3.05) is 6.54 Å². The number of hydrogen-bond acceptors (Lipinski definition) is 4. The summed E-state index contributed by atoms with van der Waals surface area (Å²) >= 11 is 0. The molecular weight excluding hydrogens is 212 g/mol. The number of hydrogen-bond donors (Lipinski definition) is 3. The molecule has 0 rings (SSSR count). The number of carboxylic acids is 1. The SMILES string of the molecule is CC#COC(=O)N[C@@H](CCCCN)C(=O)O. The Hall–Kier alpha value is -1.74. The Labute approximate surface area is 94.1 Å². The fraction of sp³-hybridized carbons (Fsp3) is 0.600. The zero-order valence-electron chi connectivity index (χ0n) is 9.16. The predicted octanol–water partition coefficient (Wildman–Crippen LogP) is 0.276. The van der Waals surface area contributed by atoms with Gasteiger partial charge in [0.25, 0.3) is 0 Å². The largest absolute Gasteiger partial charge is 0.480 e. The lowest BCUT2D eigenvalue weighted by molar-refractivity contribution is -0.139. The molecule has 0 spiro atoms. The topological polar surface area (TPSA) is 102 Å². The van der Waals surface area contributed by atoms with E-state index in [0.717, 1.165) is 6.42 Å². The van der Waals surface area contributed by atoms with Gasteiger partial charge in [-0.2, -0.15) is 0 Å². The van der Waals surface area contributed by atoms with Crippen molar-refractivity contribution < 1.29 is 19.4 Å². The number of ether oxygens (including phenoxy) is 1. The van der Waals surface area contributed by atoms with E-state index < -0.39 is 18.1 Å². The minimum absolute atomic E-state index is 0.321. The summed E-state index contributed by atoms with van der Waals surface area (Å²) in [5.41, 5.74) is 5.28. The molecule has 16 heavy (non-hydrogen) atoms. The Morgan fingerprint density at radius 1 is 1.50 bits per heavy atom. The Morgan fingerprint density at radius 2 is 2.19 bits per heavy atom. The summed E-state index contributed by atoms with van der Waals surface area (Å²) in [6.07, 6.45) is 2.90. The average Bonchev–Trinajstić information content (AvgIpc) is 2.25. The maximum Gasteiger partial charge on any atom is 0.421 e. The van der Waals surface area contributed by atoms with E-state index in [-0.39, 0.29) is 0 Å². The summed E-state index contributed by atoms with van der Waals surface area (Å²) in [5.74, 6) is 1.26. The molecule has 1 amide bonds. The molecule has 6 heteroatoms. The van der Waals surface area contributed by atoms with Gasteiger partial charge in [0.15, 0.2) is 0 Å². The summed E-state index contributed by atoms with van der Waals surface area (Å²) < 4.78 is 4.38. The van der Waals surface area contributed by atoms with Crippen LogP contribution in [0.15, 0.2) is 0 Å². The van der Waals surface area contributed by atoms with Gasteiger partial charge in [0.05, 0.1) is 0 Å². The summed E-state index contributed by atoms with van der Waals surface area (Å²) in [5, 5.41) is 11.0. The van der Waals surface area contributed by atoms with Crippen molar-refractivity contribution in [2.24, 2.45) is 5.73 Å². The minimum Gasteiger partial charge on any atom is -0.480 e. The van der Waals surface area contributed by atoms with E-state index in [0.29, 0.717) is 19.4 Å². The second kappa shape index (κ2) is 8.56. The molecule has 0 saturated heterocycles. The number of amides is 1. The number of carboxylic acid groups (broad SMARTS) is 1. The molecule has 1 atom stereocenters. The third kappa shape index (κ3) is 6.68. The molecule has 0 unspecified atom stereocenters. The van der Waals surface area contributed by atoms with Crippen LogP contribution < -0.4 is 11.1 Å². The fourth-order valence-electron chi connectivity index (χ4n) is 1.02. The van der Waals surface area contributed by atoms with Crippen molar-refractivity contribution in [3.63, 3.8) is 0 Å². The molecule has 4 N–H and O–H groups in total. The molecule has 0 radical (unpaired) electrons. The first-order chi connectivity index (χ1) is 7.61. The summed E-state index contributed by atoms with van der Waals surface area (Å²) in [6.45, 7) is 2.00. The number of unbranched alkanes of at least 4 members (excludes halogenated alkanes) is 1. The van der Waals surface area contributed by atoms with Gasteiger partial charge >= 0.3 is 12.1 Å². The van der Waals surface area contributed by atoms with Gasteiger partial charge in [-0.1, -0.05) is 5.92 Å². The minimum atomic E-state index is -1.10. The Balaban J connectivity index is 4.05. The van der Waals surface area contributed by atoms with Gasteiger partial charge in [-0.15, -0.1) is 0 Å². The fourth-order valence-corrected chi connectivity index (χ4v) is 1.02. The number of nitrogens with one attached hydrogen (secondary N) is 1. The predicted molar refractivity (Wildman–Crippen MR) is 57.4 cm³/mol. The Morgan fingerprint density at radius 3 is 2.69 bits per heavy atom. The first-order valence-electron chi connectivity index (χ1n) is 4.93. The first kappa shape index (κ1) is 14.3. The Kier molecular flexibility index (Phi) is 7.63. The third-order valence-corrected chi connectivity index (χ3v) is 1.78.